The van der Waals surface area contributed by atoms with Crippen LogP contribution in [0.15, 0.2) is 54.9 Å². The summed E-state index contributed by atoms with van der Waals surface area (Å²) in [6.45, 7) is 7.61. The number of hydrogen-bond acceptors (Lipinski definition) is 1. The molecule has 0 atom stereocenters. The van der Waals surface area contributed by atoms with E-state index < -0.39 is 0 Å². The van der Waals surface area contributed by atoms with Gasteiger partial charge in [0.05, 0.1) is 17.4 Å². The van der Waals surface area contributed by atoms with Crippen molar-refractivity contribution in [3.05, 3.63) is 66.0 Å². The van der Waals surface area contributed by atoms with Gasteiger partial charge in [0.1, 0.15) is 0 Å². The molecule has 0 aliphatic carbocycles. The third-order valence-electron chi connectivity index (χ3n) is 3.67. The minimum absolute atomic E-state index is 0.188. The largest absolute Gasteiger partial charge is 0.326 e. The summed E-state index contributed by atoms with van der Waals surface area (Å²) in [6.07, 6.45) is 1.93. The van der Waals surface area contributed by atoms with Gasteiger partial charge in [-0.1, -0.05) is 57.2 Å². The average Bonchev–Trinajstić information content (AvgIpc) is 2.82. The predicted octanol–water partition coefficient (Wildman–Crippen LogP) is 4.38. The maximum Gasteiger partial charge on any atom is 0.0961 e. The molecule has 0 saturated heterocycles. The molecule has 1 heterocycles. The van der Waals surface area contributed by atoms with Crippen LogP contribution in [0.25, 0.3) is 11.0 Å². The van der Waals surface area contributed by atoms with E-state index in [1.165, 1.54) is 16.6 Å². The van der Waals surface area contributed by atoms with E-state index in [9.17, 15) is 0 Å². The summed E-state index contributed by atoms with van der Waals surface area (Å²) in [6, 6.07) is 17.1. The molecule has 2 heteroatoms. The van der Waals surface area contributed by atoms with Gasteiger partial charge in [0.2, 0.25) is 0 Å². The highest BCUT2D eigenvalue weighted by atomic mass is 15.0. The van der Waals surface area contributed by atoms with E-state index in [2.05, 4.69) is 72.8 Å². The first-order valence-electron chi connectivity index (χ1n) is 7.03. The van der Waals surface area contributed by atoms with E-state index >= 15 is 0 Å². The van der Waals surface area contributed by atoms with Gasteiger partial charge in [-0.25, -0.2) is 4.98 Å². The Balaban J connectivity index is 1.95. The number of rotatable bonds is 2. The molecule has 0 N–H and O–H groups in total. The van der Waals surface area contributed by atoms with Gasteiger partial charge in [-0.05, 0) is 28.7 Å². The van der Waals surface area contributed by atoms with Gasteiger partial charge in [0, 0.05) is 6.54 Å². The third kappa shape index (κ3) is 2.46. The van der Waals surface area contributed by atoms with Crippen molar-refractivity contribution in [1.29, 1.82) is 0 Å². The molecular weight excluding hydrogens is 244 g/mol. The Kier molecular flexibility index (Phi) is 3.09. The molecule has 2 nitrogen and oxygen atoms in total. The Bertz CT molecular complexity index is 732. The first kappa shape index (κ1) is 12.9. The number of hydrogen-bond donors (Lipinski definition) is 0. The molecular formula is C18H20N2. The number of benzene rings is 2. The first-order chi connectivity index (χ1) is 9.54. The van der Waals surface area contributed by atoms with Crippen LogP contribution >= 0.6 is 0 Å². The van der Waals surface area contributed by atoms with E-state index in [0.29, 0.717) is 0 Å². The van der Waals surface area contributed by atoms with Crippen molar-refractivity contribution in [3.8, 4) is 0 Å². The summed E-state index contributed by atoms with van der Waals surface area (Å²) >= 11 is 0. The number of imidazole rings is 1. The molecule has 3 rings (SSSR count). The van der Waals surface area contributed by atoms with Crippen LogP contribution in [0.4, 0.5) is 0 Å². The van der Waals surface area contributed by atoms with Gasteiger partial charge in [0.25, 0.3) is 0 Å². The highest BCUT2D eigenvalue weighted by Crippen LogP contribution is 2.23. The predicted molar refractivity (Wildman–Crippen MR) is 84.0 cm³/mol. The van der Waals surface area contributed by atoms with Gasteiger partial charge in [-0.15, -0.1) is 0 Å². The number of aromatic nitrogens is 2. The standard InChI is InChI=1S/C18H20N2/c1-18(2,3)15-8-6-7-14(11-15)12-20-13-19-16-9-4-5-10-17(16)20/h4-11,13H,12H2,1-3H3. The Morgan fingerprint density at radius 2 is 1.80 bits per heavy atom. The third-order valence-corrected chi connectivity index (χ3v) is 3.67. The van der Waals surface area contributed by atoms with E-state index in [4.69, 9.17) is 0 Å². The van der Waals surface area contributed by atoms with Crippen molar-refractivity contribution in [2.75, 3.05) is 0 Å². The zero-order valence-electron chi connectivity index (χ0n) is 12.3. The van der Waals surface area contributed by atoms with Gasteiger partial charge in [0.15, 0.2) is 0 Å². The Hall–Kier alpha value is -2.09. The lowest BCUT2D eigenvalue weighted by atomic mass is 9.86. The van der Waals surface area contributed by atoms with Crippen LogP contribution in [0.5, 0.6) is 0 Å². The van der Waals surface area contributed by atoms with Crippen molar-refractivity contribution in [3.63, 3.8) is 0 Å². The van der Waals surface area contributed by atoms with Crippen molar-refractivity contribution in [2.45, 2.75) is 32.7 Å². The molecule has 0 unspecified atom stereocenters. The zero-order valence-corrected chi connectivity index (χ0v) is 12.3. The van der Waals surface area contributed by atoms with Crippen LogP contribution in [-0.4, -0.2) is 9.55 Å². The van der Waals surface area contributed by atoms with Crippen molar-refractivity contribution in [1.82, 2.24) is 9.55 Å². The second-order valence-electron chi connectivity index (χ2n) is 6.31. The fourth-order valence-electron chi connectivity index (χ4n) is 2.47. The van der Waals surface area contributed by atoms with Crippen molar-refractivity contribution < 1.29 is 0 Å². The summed E-state index contributed by atoms with van der Waals surface area (Å²) in [5.74, 6) is 0. The topological polar surface area (TPSA) is 17.8 Å². The van der Waals surface area contributed by atoms with Crippen LogP contribution in [0.1, 0.15) is 31.9 Å². The molecule has 0 fully saturated rings. The molecule has 0 aliphatic rings. The zero-order chi connectivity index (χ0) is 14.2. The summed E-state index contributed by atoms with van der Waals surface area (Å²) in [4.78, 5) is 4.45. The quantitative estimate of drug-likeness (QED) is 0.671. The smallest absolute Gasteiger partial charge is 0.0961 e. The normalized spacial score (nSPS) is 11.9. The Morgan fingerprint density at radius 1 is 1.00 bits per heavy atom. The fraction of sp³-hybridized carbons (Fsp3) is 0.278. The summed E-state index contributed by atoms with van der Waals surface area (Å²) < 4.78 is 2.21. The van der Waals surface area contributed by atoms with Crippen molar-refractivity contribution >= 4 is 11.0 Å². The van der Waals surface area contributed by atoms with Crippen LogP contribution in [0, 0.1) is 0 Å². The minimum Gasteiger partial charge on any atom is -0.326 e. The first-order valence-corrected chi connectivity index (χ1v) is 7.03. The average molecular weight is 264 g/mol. The second kappa shape index (κ2) is 4.78. The lowest BCUT2D eigenvalue weighted by Gasteiger charge is -2.20. The number of fused-ring (bicyclic) bond motifs is 1. The monoisotopic (exact) mass is 264 g/mol. The maximum atomic E-state index is 4.45. The Morgan fingerprint density at radius 3 is 2.60 bits per heavy atom. The molecule has 0 spiro atoms. The van der Waals surface area contributed by atoms with Gasteiger partial charge in [-0.3, -0.25) is 0 Å². The van der Waals surface area contributed by atoms with E-state index in [1.54, 1.807) is 0 Å². The van der Waals surface area contributed by atoms with Crippen LogP contribution < -0.4 is 0 Å². The second-order valence-corrected chi connectivity index (χ2v) is 6.31. The molecule has 0 saturated carbocycles. The van der Waals surface area contributed by atoms with Gasteiger partial charge < -0.3 is 4.57 Å². The summed E-state index contributed by atoms with van der Waals surface area (Å²) in [5.41, 5.74) is 5.13. The van der Waals surface area contributed by atoms with Crippen LogP contribution in [0.3, 0.4) is 0 Å². The molecule has 102 valence electrons. The number of para-hydroxylation sites is 2. The molecule has 0 aliphatic heterocycles. The van der Waals surface area contributed by atoms with Crippen LogP contribution in [-0.2, 0) is 12.0 Å². The lowest BCUT2D eigenvalue weighted by Crippen LogP contribution is -2.11. The molecule has 0 amide bonds. The maximum absolute atomic E-state index is 4.45. The lowest BCUT2D eigenvalue weighted by molar-refractivity contribution is 0.589. The highest BCUT2D eigenvalue weighted by molar-refractivity contribution is 5.75. The SMILES string of the molecule is CC(C)(C)c1cccc(Cn2cnc3ccccc32)c1. The molecule has 2 aromatic carbocycles. The summed E-state index contributed by atoms with van der Waals surface area (Å²) in [7, 11) is 0. The fourth-order valence-corrected chi connectivity index (χ4v) is 2.47. The summed E-state index contributed by atoms with van der Waals surface area (Å²) in [5, 5.41) is 0. The molecule has 0 radical (unpaired) electrons. The molecule has 3 aromatic rings. The van der Waals surface area contributed by atoms with Gasteiger partial charge in [-0.2, -0.15) is 0 Å². The Labute approximate surface area is 120 Å². The van der Waals surface area contributed by atoms with E-state index in [1.807, 2.05) is 12.4 Å². The van der Waals surface area contributed by atoms with Crippen molar-refractivity contribution in [2.24, 2.45) is 0 Å². The van der Waals surface area contributed by atoms with E-state index in [-0.39, 0.29) is 5.41 Å². The van der Waals surface area contributed by atoms with E-state index in [0.717, 1.165) is 12.1 Å². The molecule has 0 bridgehead atoms. The molecule has 20 heavy (non-hydrogen) atoms. The van der Waals surface area contributed by atoms with Gasteiger partial charge >= 0.3 is 0 Å². The highest BCUT2D eigenvalue weighted by Gasteiger charge is 2.13. The number of nitrogens with zero attached hydrogens (tertiary/aromatic N) is 2. The van der Waals surface area contributed by atoms with Crippen LogP contribution in [0.2, 0.25) is 0 Å². The minimum atomic E-state index is 0.188. The molecule has 1 aromatic heterocycles.